The van der Waals surface area contributed by atoms with Crippen LogP contribution in [0.5, 0.6) is 17.2 Å². The van der Waals surface area contributed by atoms with Gasteiger partial charge >= 0.3 is 0 Å². The van der Waals surface area contributed by atoms with Crippen molar-refractivity contribution in [2.75, 3.05) is 27.1 Å². The highest BCUT2D eigenvalue weighted by Crippen LogP contribution is 2.43. The van der Waals surface area contributed by atoms with Gasteiger partial charge in [-0.05, 0) is 12.1 Å². The quantitative estimate of drug-likeness (QED) is 0.920. The summed E-state index contributed by atoms with van der Waals surface area (Å²) in [7, 11) is 4.73. The largest absolute Gasteiger partial charge is 0.493 e. The number of nitrogens with two attached hydrogens (primary N) is 1. The van der Waals surface area contributed by atoms with Crippen LogP contribution < -0.4 is 19.9 Å². The van der Waals surface area contributed by atoms with E-state index in [1.54, 1.807) is 26.8 Å². The molecule has 0 fully saturated rings. The van der Waals surface area contributed by atoms with Crippen LogP contribution in [-0.4, -0.2) is 26.3 Å². The van der Waals surface area contributed by atoms with Gasteiger partial charge in [-0.15, -0.1) is 11.3 Å². The van der Waals surface area contributed by atoms with Crippen molar-refractivity contribution in [1.29, 1.82) is 0 Å². The molecule has 2 N–H and O–H groups in total. The number of rotatable bonds is 4. The Hall–Kier alpha value is -1.95. The molecule has 1 heterocycles. The second-order valence-electron chi connectivity index (χ2n) is 3.48. The van der Waals surface area contributed by atoms with Crippen molar-refractivity contribution in [1.82, 2.24) is 4.98 Å². The number of anilines is 1. The molecule has 0 spiro atoms. The normalized spacial score (nSPS) is 10.2. The molecule has 0 radical (unpaired) electrons. The Morgan fingerprint density at radius 2 is 1.67 bits per heavy atom. The maximum atomic E-state index is 5.81. The van der Waals surface area contributed by atoms with Crippen LogP contribution in [0.2, 0.25) is 0 Å². The molecule has 2 aromatic rings. The Morgan fingerprint density at radius 3 is 2.06 bits per heavy atom. The average Bonchev–Trinajstić information content (AvgIpc) is 2.83. The minimum Gasteiger partial charge on any atom is -0.493 e. The number of hydrogen-bond donors (Lipinski definition) is 1. The molecule has 0 amide bonds. The highest BCUT2D eigenvalue weighted by Gasteiger charge is 2.16. The van der Waals surface area contributed by atoms with Crippen molar-refractivity contribution in [3.8, 4) is 27.7 Å². The van der Waals surface area contributed by atoms with Crippen molar-refractivity contribution in [3.63, 3.8) is 0 Å². The lowest BCUT2D eigenvalue weighted by Gasteiger charge is -2.13. The fourth-order valence-corrected chi connectivity index (χ4v) is 2.38. The standard InChI is InChI=1S/C12H14N2O3S/c1-15-8-4-7(11-12(13)14-6-18-11)5-9(16-2)10(8)17-3/h4-6H,13H2,1-3H3. The minimum absolute atomic E-state index is 0.495. The molecule has 0 atom stereocenters. The highest BCUT2D eigenvalue weighted by molar-refractivity contribution is 7.13. The van der Waals surface area contributed by atoms with Gasteiger partial charge in [0.15, 0.2) is 11.5 Å². The van der Waals surface area contributed by atoms with Gasteiger partial charge in [0, 0.05) is 5.56 Å². The van der Waals surface area contributed by atoms with E-state index in [-0.39, 0.29) is 0 Å². The molecular formula is C12H14N2O3S. The van der Waals surface area contributed by atoms with E-state index in [1.165, 1.54) is 11.3 Å². The molecule has 0 bridgehead atoms. The fraction of sp³-hybridized carbons (Fsp3) is 0.250. The van der Waals surface area contributed by atoms with Crippen LogP contribution in [-0.2, 0) is 0 Å². The van der Waals surface area contributed by atoms with Crippen LogP contribution in [0, 0.1) is 0 Å². The molecule has 2 rings (SSSR count). The number of benzene rings is 1. The number of methoxy groups -OCH3 is 3. The van der Waals surface area contributed by atoms with Gasteiger partial charge in [0.2, 0.25) is 5.75 Å². The lowest BCUT2D eigenvalue weighted by atomic mass is 10.1. The summed E-state index contributed by atoms with van der Waals surface area (Å²) in [5.74, 6) is 2.25. The first-order valence-corrected chi connectivity index (χ1v) is 6.08. The SMILES string of the molecule is COc1cc(-c2scnc2N)cc(OC)c1OC. The topological polar surface area (TPSA) is 66.6 Å². The molecule has 0 saturated carbocycles. The minimum atomic E-state index is 0.495. The number of thiazole rings is 1. The summed E-state index contributed by atoms with van der Waals surface area (Å²) < 4.78 is 15.9. The third kappa shape index (κ3) is 2.06. The van der Waals surface area contributed by atoms with Crippen LogP contribution >= 0.6 is 11.3 Å². The Kier molecular flexibility index (Phi) is 3.57. The Balaban J connectivity index is 2.60. The predicted molar refractivity (Wildman–Crippen MR) is 71.6 cm³/mol. The molecular weight excluding hydrogens is 252 g/mol. The van der Waals surface area contributed by atoms with Crippen LogP contribution in [0.4, 0.5) is 5.82 Å². The number of nitrogen functional groups attached to an aromatic ring is 1. The maximum Gasteiger partial charge on any atom is 0.203 e. The molecule has 18 heavy (non-hydrogen) atoms. The van der Waals surface area contributed by atoms with Gasteiger partial charge in [-0.3, -0.25) is 0 Å². The molecule has 0 aliphatic rings. The van der Waals surface area contributed by atoms with Crippen LogP contribution in [0.15, 0.2) is 17.6 Å². The molecule has 0 aliphatic heterocycles. The van der Waals surface area contributed by atoms with Crippen molar-refractivity contribution in [2.45, 2.75) is 0 Å². The third-order valence-corrected chi connectivity index (χ3v) is 3.41. The highest BCUT2D eigenvalue weighted by atomic mass is 32.1. The van der Waals surface area contributed by atoms with E-state index in [0.717, 1.165) is 10.4 Å². The lowest BCUT2D eigenvalue weighted by Crippen LogP contribution is -1.96. The summed E-state index contributed by atoms with van der Waals surface area (Å²) in [5, 5.41) is 0. The zero-order valence-electron chi connectivity index (χ0n) is 10.4. The van der Waals surface area contributed by atoms with Crippen LogP contribution in [0.1, 0.15) is 0 Å². The molecule has 6 heteroatoms. The van der Waals surface area contributed by atoms with Gasteiger partial charge in [0.25, 0.3) is 0 Å². The van der Waals surface area contributed by atoms with Gasteiger partial charge in [0.05, 0.1) is 31.7 Å². The van der Waals surface area contributed by atoms with E-state index < -0.39 is 0 Å². The van der Waals surface area contributed by atoms with E-state index >= 15 is 0 Å². The summed E-state index contributed by atoms with van der Waals surface area (Å²) in [4.78, 5) is 4.91. The number of ether oxygens (including phenoxy) is 3. The fourth-order valence-electron chi connectivity index (χ4n) is 1.68. The third-order valence-electron chi connectivity index (χ3n) is 2.52. The zero-order chi connectivity index (χ0) is 13.1. The number of aromatic nitrogens is 1. The van der Waals surface area contributed by atoms with Gasteiger partial charge in [0.1, 0.15) is 5.82 Å². The first kappa shape index (κ1) is 12.5. The Labute approximate surface area is 109 Å². The van der Waals surface area contributed by atoms with Crippen molar-refractivity contribution in [3.05, 3.63) is 17.6 Å². The Bertz CT molecular complexity index is 529. The van der Waals surface area contributed by atoms with Gasteiger partial charge < -0.3 is 19.9 Å². The van der Waals surface area contributed by atoms with Crippen LogP contribution in [0.25, 0.3) is 10.4 Å². The first-order valence-electron chi connectivity index (χ1n) is 5.20. The number of hydrogen-bond acceptors (Lipinski definition) is 6. The first-order chi connectivity index (χ1) is 8.71. The van der Waals surface area contributed by atoms with Gasteiger partial charge in [-0.25, -0.2) is 4.98 Å². The number of nitrogens with zero attached hydrogens (tertiary/aromatic N) is 1. The maximum absolute atomic E-state index is 5.81. The smallest absolute Gasteiger partial charge is 0.203 e. The van der Waals surface area contributed by atoms with Crippen molar-refractivity contribution in [2.24, 2.45) is 0 Å². The summed E-state index contributed by atoms with van der Waals surface area (Å²) in [6.45, 7) is 0. The lowest BCUT2D eigenvalue weighted by molar-refractivity contribution is 0.324. The molecule has 5 nitrogen and oxygen atoms in total. The monoisotopic (exact) mass is 266 g/mol. The molecule has 0 unspecified atom stereocenters. The second kappa shape index (κ2) is 5.14. The van der Waals surface area contributed by atoms with Crippen LogP contribution in [0.3, 0.4) is 0 Å². The molecule has 1 aromatic heterocycles. The molecule has 0 aliphatic carbocycles. The summed E-state index contributed by atoms with van der Waals surface area (Å²) in [6.07, 6.45) is 0. The van der Waals surface area contributed by atoms with Gasteiger partial charge in [-0.2, -0.15) is 0 Å². The Morgan fingerprint density at radius 1 is 1.06 bits per heavy atom. The van der Waals surface area contributed by atoms with E-state index in [1.807, 2.05) is 12.1 Å². The summed E-state index contributed by atoms with van der Waals surface area (Å²) in [6, 6.07) is 3.70. The molecule has 96 valence electrons. The van der Waals surface area contributed by atoms with E-state index in [0.29, 0.717) is 23.1 Å². The predicted octanol–water partition coefficient (Wildman–Crippen LogP) is 2.42. The van der Waals surface area contributed by atoms with E-state index in [9.17, 15) is 0 Å². The molecule has 1 aromatic carbocycles. The summed E-state index contributed by atoms with van der Waals surface area (Å²) in [5.41, 5.74) is 8.41. The van der Waals surface area contributed by atoms with E-state index in [4.69, 9.17) is 19.9 Å². The second-order valence-corrected chi connectivity index (χ2v) is 4.34. The zero-order valence-corrected chi connectivity index (χ0v) is 11.2. The van der Waals surface area contributed by atoms with Crippen molar-refractivity contribution >= 4 is 17.2 Å². The van der Waals surface area contributed by atoms with Crippen molar-refractivity contribution < 1.29 is 14.2 Å². The van der Waals surface area contributed by atoms with E-state index in [2.05, 4.69) is 4.98 Å². The van der Waals surface area contributed by atoms with Gasteiger partial charge in [-0.1, -0.05) is 0 Å². The summed E-state index contributed by atoms with van der Waals surface area (Å²) >= 11 is 1.47. The average molecular weight is 266 g/mol. The molecule has 0 saturated heterocycles.